The van der Waals surface area contributed by atoms with Crippen molar-refractivity contribution in [3.63, 3.8) is 0 Å². The summed E-state index contributed by atoms with van der Waals surface area (Å²) in [6.07, 6.45) is 6.59. The molecule has 22 heavy (non-hydrogen) atoms. The van der Waals surface area contributed by atoms with Gasteiger partial charge in [-0.25, -0.2) is 0 Å². The van der Waals surface area contributed by atoms with Gasteiger partial charge in [-0.15, -0.1) is 0 Å². The average Bonchev–Trinajstić information content (AvgIpc) is 3.09. The van der Waals surface area contributed by atoms with Gasteiger partial charge in [-0.1, -0.05) is 13.8 Å². The van der Waals surface area contributed by atoms with Crippen molar-refractivity contribution in [1.29, 1.82) is 0 Å². The molecule has 7 unspecified atom stereocenters. The molecule has 0 heterocycles. The molecule has 3 heteroatoms. The molecule has 4 aliphatic carbocycles. The summed E-state index contributed by atoms with van der Waals surface area (Å²) in [6.45, 7) is 7.56. The van der Waals surface area contributed by atoms with Crippen molar-refractivity contribution in [3.05, 3.63) is 0 Å². The summed E-state index contributed by atoms with van der Waals surface area (Å²) in [7, 11) is 0. The molecule has 4 saturated carbocycles. The highest BCUT2D eigenvalue weighted by molar-refractivity contribution is 5.73. The second-order valence-corrected chi connectivity index (χ2v) is 9.06. The lowest BCUT2D eigenvalue weighted by Gasteiger charge is -2.36. The maximum atomic E-state index is 12.4. The lowest BCUT2D eigenvalue weighted by atomic mass is 9.69. The van der Waals surface area contributed by atoms with E-state index in [0.29, 0.717) is 17.9 Å². The van der Waals surface area contributed by atoms with Crippen LogP contribution < -0.4 is 0 Å². The Labute approximate surface area is 134 Å². The van der Waals surface area contributed by atoms with Gasteiger partial charge in [0.2, 0.25) is 0 Å². The normalized spacial score (nSPS) is 47.5. The maximum absolute atomic E-state index is 12.4. The van der Waals surface area contributed by atoms with Gasteiger partial charge in [0, 0.05) is 6.61 Å². The second kappa shape index (κ2) is 5.22. The third-order valence-corrected chi connectivity index (χ3v) is 7.25. The molecule has 0 aromatic carbocycles. The molecule has 0 radical (unpaired) electrons. The quantitative estimate of drug-likeness (QED) is 0.342. The van der Waals surface area contributed by atoms with Gasteiger partial charge in [0.05, 0.1) is 5.92 Å². The smallest absolute Gasteiger partial charge is 0.311 e. The lowest BCUT2D eigenvalue weighted by molar-refractivity contribution is -0.164. The summed E-state index contributed by atoms with van der Waals surface area (Å²) in [4.78, 5) is 12.4. The van der Waals surface area contributed by atoms with Crippen LogP contribution in [0.1, 0.15) is 52.9 Å². The van der Waals surface area contributed by atoms with E-state index in [-0.39, 0.29) is 18.7 Å². The van der Waals surface area contributed by atoms with E-state index in [9.17, 15) is 4.79 Å². The van der Waals surface area contributed by atoms with Crippen molar-refractivity contribution in [2.24, 2.45) is 46.8 Å². The highest BCUT2D eigenvalue weighted by Gasteiger charge is 2.64. The second-order valence-electron chi connectivity index (χ2n) is 9.06. The Balaban J connectivity index is 1.47. The molecule has 4 fully saturated rings. The third kappa shape index (κ3) is 2.23. The highest BCUT2D eigenvalue weighted by Crippen LogP contribution is 2.69. The molecule has 0 amide bonds. The largest absolute Gasteiger partial charge is 0.438 e. The Kier molecular flexibility index (Phi) is 3.56. The van der Waals surface area contributed by atoms with Crippen LogP contribution in [0.2, 0.25) is 0 Å². The van der Waals surface area contributed by atoms with Gasteiger partial charge in [-0.05, 0) is 80.0 Å². The first kappa shape index (κ1) is 15.0. The topological polar surface area (TPSA) is 35.5 Å². The van der Waals surface area contributed by atoms with Crippen LogP contribution in [-0.4, -0.2) is 19.4 Å². The predicted octanol–water partition coefficient (Wildman–Crippen LogP) is 3.87. The highest BCUT2D eigenvalue weighted by atomic mass is 16.7. The fourth-order valence-corrected chi connectivity index (χ4v) is 7.02. The van der Waals surface area contributed by atoms with Gasteiger partial charge in [0.25, 0.3) is 0 Å². The zero-order valence-corrected chi connectivity index (χ0v) is 14.2. The standard InChI is InChI=1S/C19H30O3/c1-4-21-10-22-18(20)15-7-11-6-14(15)17-13-5-12(16(11)17)8-19(2,3)9-13/h11-17H,4-10H2,1-3H3. The molecule has 4 aliphatic rings. The van der Waals surface area contributed by atoms with Crippen LogP contribution in [0.5, 0.6) is 0 Å². The minimum absolute atomic E-state index is 0.0140. The Morgan fingerprint density at radius 2 is 1.77 bits per heavy atom. The molecular weight excluding hydrogens is 276 g/mol. The number of ether oxygens (including phenoxy) is 2. The van der Waals surface area contributed by atoms with Crippen molar-refractivity contribution in [2.75, 3.05) is 13.4 Å². The summed E-state index contributed by atoms with van der Waals surface area (Å²) in [6, 6.07) is 0. The van der Waals surface area contributed by atoms with E-state index in [1.54, 1.807) is 0 Å². The summed E-state index contributed by atoms with van der Waals surface area (Å²) >= 11 is 0. The van der Waals surface area contributed by atoms with Crippen molar-refractivity contribution in [1.82, 2.24) is 0 Å². The predicted molar refractivity (Wildman–Crippen MR) is 83.9 cm³/mol. The van der Waals surface area contributed by atoms with E-state index in [1.165, 1.54) is 25.7 Å². The molecular formula is C19H30O3. The number of esters is 1. The fourth-order valence-electron chi connectivity index (χ4n) is 7.02. The minimum atomic E-state index is 0.0140. The van der Waals surface area contributed by atoms with Crippen LogP contribution in [0.25, 0.3) is 0 Å². The first-order valence-electron chi connectivity index (χ1n) is 9.24. The van der Waals surface area contributed by atoms with Crippen LogP contribution in [0.3, 0.4) is 0 Å². The van der Waals surface area contributed by atoms with Gasteiger partial charge in [0.15, 0.2) is 6.79 Å². The summed E-state index contributed by atoms with van der Waals surface area (Å²) in [5.74, 6) is 5.12. The van der Waals surface area contributed by atoms with Crippen LogP contribution in [0.15, 0.2) is 0 Å². The molecule has 0 spiro atoms. The Hall–Kier alpha value is -0.570. The SMILES string of the molecule is CCOCOC(=O)C1CC2CC1C1C3CC(CC(C)(C)C3)C21. The van der Waals surface area contributed by atoms with Gasteiger partial charge in [0.1, 0.15) is 0 Å². The van der Waals surface area contributed by atoms with E-state index in [1.807, 2.05) is 6.92 Å². The van der Waals surface area contributed by atoms with Crippen molar-refractivity contribution in [3.8, 4) is 0 Å². The number of hydrogen-bond acceptors (Lipinski definition) is 3. The number of rotatable bonds is 4. The monoisotopic (exact) mass is 306 g/mol. The van der Waals surface area contributed by atoms with Crippen molar-refractivity contribution < 1.29 is 14.3 Å². The molecule has 0 saturated heterocycles. The molecule has 3 nitrogen and oxygen atoms in total. The number of carbonyl (C=O) groups excluding carboxylic acids is 1. The number of hydrogen-bond donors (Lipinski definition) is 0. The number of fused-ring (bicyclic) bond motifs is 9. The van der Waals surface area contributed by atoms with E-state index < -0.39 is 0 Å². The van der Waals surface area contributed by atoms with Gasteiger partial charge in [-0.2, -0.15) is 0 Å². The Morgan fingerprint density at radius 3 is 2.50 bits per heavy atom. The van der Waals surface area contributed by atoms with Crippen LogP contribution >= 0.6 is 0 Å². The Bertz CT molecular complexity index is 458. The van der Waals surface area contributed by atoms with Gasteiger partial charge < -0.3 is 9.47 Å². The van der Waals surface area contributed by atoms with Crippen LogP contribution in [0.4, 0.5) is 0 Å². The molecule has 0 aromatic heterocycles. The van der Waals surface area contributed by atoms with Crippen LogP contribution in [-0.2, 0) is 14.3 Å². The van der Waals surface area contributed by atoms with Gasteiger partial charge in [-0.3, -0.25) is 4.79 Å². The molecule has 7 atom stereocenters. The molecule has 4 rings (SSSR count). The summed E-state index contributed by atoms with van der Waals surface area (Å²) in [5, 5.41) is 0. The van der Waals surface area contributed by atoms with E-state index in [0.717, 1.165) is 36.0 Å². The number of carbonyl (C=O) groups is 1. The van der Waals surface area contributed by atoms with E-state index in [2.05, 4.69) is 13.8 Å². The lowest BCUT2D eigenvalue weighted by Crippen LogP contribution is -2.34. The third-order valence-electron chi connectivity index (χ3n) is 7.25. The molecule has 124 valence electrons. The maximum Gasteiger partial charge on any atom is 0.311 e. The van der Waals surface area contributed by atoms with Gasteiger partial charge >= 0.3 is 5.97 Å². The first-order valence-corrected chi connectivity index (χ1v) is 9.24. The van der Waals surface area contributed by atoms with Crippen molar-refractivity contribution in [2.45, 2.75) is 52.9 Å². The molecule has 0 N–H and O–H groups in total. The summed E-state index contributed by atoms with van der Waals surface area (Å²) < 4.78 is 10.5. The molecule has 4 bridgehead atoms. The zero-order valence-electron chi connectivity index (χ0n) is 14.2. The molecule has 0 aromatic rings. The minimum Gasteiger partial charge on any atom is -0.438 e. The van der Waals surface area contributed by atoms with Crippen molar-refractivity contribution >= 4 is 5.97 Å². The van der Waals surface area contributed by atoms with Crippen LogP contribution in [0, 0.1) is 46.8 Å². The van der Waals surface area contributed by atoms with E-state index >= 15 is 0 Å². The first-order chi connectivity index (χ1) is 10.5. The fraction of sp³-hybridized carbons (Fsp3) is 0.947. The average molecular weight is 306 g/mol. The Morgan fingerprint density at radius 1 is 1.05 bits per heavy atom. The van der Waals surface area contributed by atoms with E-state index in [4.69, 9.17) is 9.47 Å². The summed E-state index contributed by atoms with van der Waals surface area (Å²) in [5.41, 5.74) is 0.516. The zero-order chi connectivity index (χ0) is 15.5. The molecule has 0 aliphatic heterocycles.